The van der Waals surface area contributed by atoms with Gasteiger partial charge in [-0.05, 0) is 24.3 Å². The van der Waals surface area contributed by atoms with Gasteiger partial charge in [0, 0.05) is 10.9 Å². The summed E-state index contributed by atoms with van der Waals surface area (Å²) in [6.07, 6.45) is 0.181. The van der Waals surface area contributed by atoms with Crippen LogP contribution in [0.2, 0.25) is 0 Å². The number of Topliss-reactive ketones (excluding diaryl/α,β-unsaturated/α-hetero) is 1. The molecule has 21 heavy (non-hydrogen) atoms. The molecule has 106 valence electrons. The van der Waals surface area contributed by atoms with Crippen LogP contribution in [0.3, 0.4) is 0 Å². The number of anilines is 1. The van der Waals surface area contributed by atoms with Gasteiger partial charge in [0.1, 0.15) is 11.6 Å². The molecule has 0 unspecified atom stereocenters. The van der Waals surface area contributed by atoms with Gasteiger partial charge in [0.15, 0.2) is 11.5 Å². The van der Waals surface area contributed by atoms with E-state index in [2.05, 4.69) is 21.0 Å². The number of benzene rings is 1. The first-order valence-corrected chi connectivity index (χ1v) is 6.91. The second kappa shape index (κ2) is 5.89. The van der Waals surface area contributed by atoms with Crippen molar-refractivity contribution >= 4 is 27.4 Å². The highest BCUT2D eigenvalue weighted by Gasteiger charge is 2.19. The lowest BCUT2D eigenvalue weighted by atomic mass is 10.1. The summed E-state index contributed by atoms with van der Waals surface area (Å²) in [4.78, 5) is 24.1. The zero-order chi connectivity index (χ0) is 15.6. The number of nitrogen functional groups attached to an aromatic ring is 1. The molecule has 1 aromatic heterocycles. The molecule has 1 heterocycles. The van der Waals surface area contributed by atoms with Gasteiger partial charge in [0.25, 0.3) is 5.56 Å². The summed E-state index contributed by atoms with van der Waals surface area (Å²) >= 11 is 3.29. The molecule has 0 saturated heterocycles. The summed E-state index contributed by atoms with van der Waals surface area (Å²) in [7, 11) is 0. The molecule has 0 aliphatic heterocycles. The van der Waals surface area contributed by atoms with E-state index in [0.717, 1.165) is 9.15 Å². The largest absolute Gasteiger partial charge is 0.396 e. The predicted octanol–water partition coefficient (Wildman–Crippen LogP) is 2.04. The Morgan fingerprint density at radius 2 is 2.05 bits per heavy atom. The van der Waals surface area contributed by atoms with Crippen molar-refractivity contribution in [3.8, 4) is 11.8 Å². The predicted molar refractivity (Wildman–Crippen MR) is 81.3 cm³/mol. The van der Waals surface area contributed by atoms with Crippen LogP contribution in [-0.4, -0.2) is 15.6 Å². The van der Waals surface area contributed by atoms with Crippen LogP contribution in [0, 0.1) is 11.3 Å². The Balaban J connectivity index is 2.78. The Kier molecular flexibility index (Phi) is 4.19. The molecule has 0 saturated carbocycles. The Morgan fingerprint density at radius 1 is 1.43 bits per heavy atom. The number of ketones is 1. The highest BCUT2D eigenvalue weighted by atomic mass is 79.9. The number of rotatable bonds is 3. The van der Waals surface area contributed by atoms with E-state index in [1.807, 2.05) is 0 Å². The minimum absolute atomic E-state index is 0.0587. The molecule has 6 nitrogen and oxygen atoms in total. The highest BCUT2D eigenvalue weighted by Crippen LogP contribution is 2.16. The SMILES string of the molecule is CCC(=O)c1nn(-c2ccc(Br)cc2)c(=O)c(C#N)c1N. The first-order valence-electron chi connectivity index (χ1n) is 6.11. The van der Waals surface area contributed by atoms with E-state index in [9.17, 15) is 9.59 Å². The fourth-order valence-corrected chi connectivity index (χ4v) is 2.04. The van der Waals surface area contributed by atoms with Crippen molar-refractivity contribution in [2.45, 2.75) is 13.3 Å². The van der Waals surface area contributed by atoms with E-state index in [-0.39, 0.29) is 29.1 Å². The third kappa shape index (κ3) is 2.71. The van der Waals surface area contributed by atoms with Crippen LogP contribution < -0.4 is 11.3 Å². The number of hydrogen-bond donors (Lipinski definition) is 1. The molecule has 0 aliphatic carbocycles. The summed E-state index contributed by atoms with van der Waals surface area (Å²) in [5.41, 5.74) is 5.02. The quantitative estimate of drug-likeness (QED) is 0.856. The molecule has 0 amide bonds. The van der Waals surface area contributed by atoms with Gasteiger partial charge in [-0.15, -0.1) is 0 Å². The van der Waals surface area contributed by atoms with Gasteiger partial charge in [-0.25, -0.2) is 0 Å². The van der Waals surface area contributed by atoms with E-state index in [1.54, 1.807) is 37.3 Å². The van der Waals surface area contributed by atoms with Crippen molar-refractivity contribution in [3.63, 3.8) is 0 Å². The second-order valence-electron chi connectivity index (χ2n) is 4.22. The zero-order valence-corrected chi connectivity index (χ0v) is 12.7. The molecule has 7 heteroatoms. The van der Waals surface area contributed by atoms with Crippen LogP contribution in [0.1, 0.15) is 29.4 Å². The fourth-order valence-electron chi connectivity index (χ4n) is 1.78. The van der Waals surface area contributed by atoms with Crippen LogP contribution in [-0.2, 0) is 0 Å². The number of halogens is 1. The molecule has 0 bridgehead atoms. The summed E-state index contributed by atoms with van der Waals surface area (Å²) in [5, 5.41) is 13.1. The lowest BCUT2D eigenvalue weighted by Crippen LogP contribution is -2.28. The fraction of sp³-hybridized carbons (Fsp3) is 0.143. The van der Waals surface area contributed by atoms with Gasteiger partial charge in [0.05, 0.1) is 11.4 Å². The number of hydrogen-bond acceptors (Lipinski definition) is 5. The molecular weight excluding hydrogens is 336 g/mol. The topological polar surface area (TPSA) is 102 Å². The van der Waals surface area contributed by atoms with Gasteiger partial charge >= 0.3 is 0 Å². The first kappa shape index (κ1) is 14.9. The number of nitrogens with zero attached hydrogens (tertiary/aromatic N) is 3. The Bertz CT molecular complexity index is 803. The van der Waals surface area contributed by atoms with Crippen molar-refractivity contribution in [1.29, 1.82) is 5.26 Å². The Hall–Kier alpha value is -2.46. The molecule has 0 atom stereocenters. The second-order valence-corrected chi connectivity index (χ2v) is 5.13. The normalized spacial score (nSPS) is 10.1. The molecule has 0 radical (unpaired) electrons. The van der Waals surface area contributed by atoms with Crippen LogP contribution in [0.25, 0.3) is 5.69 Å². The third-order valence-electron chi connectivity index (χ3n) is 2.90. The van der Waals surface area contributed by atoms with Crippen molar-refractivity contribution in [3.05, 3.63) is 50.3 Å². The zero-order valence-electron chi connectivity index (χ0n) is 11.1. The minimum atomic E-state index is -0.648. The van der Waals surface area contributed by atoms with E-state index >= 15 is 0 Å². The maximum absolute atomic E-state index is 12.2. The molecule has 2 rings (SSSR count). The summed E-state index contributed by atoms with van der Waals surface area (Å²) < 4.78 is 1.85. The number of nitrogens with two attached hydrogens (primary N) is 1. The monoisotopic (exact) mass is 346 g/mol. The lowest BCUT2D eigenvalue weighted by Gasteiger charge is -2.10. The molecule has 0 aliphatic rings. The van der Waals surface area contributed by atoms with Gasteiger partial charge in [-0.3, -0.25) is 9.59 Å². The van der Waals surface area contributed by atoms with Gasteiger partial charge in [-0.2, -0.15) is 15.0 Å². The first-order chi connectivity index (χ1) is 9.99. The van der Waals surface area contributed by atoms with Crippen molar-refractivity contribution in [2.75, 3.05) is 5.73 Å². The Morgan fingerprint density at radius 3 is 2.57 bits per heavy atom. The van der Waals surface area contributed by atoms with E-state index < -0.39 is 5.56 Å². The number of carbonyl (C=O) groups excluding carboxylic acids is 1. The average molecular weight is 347 g/mol. The van der Waals surface area contributed by atoms with E-state index in [0.29, 0.717) is 5.69 Å². The standard InChI is InChI=1S/C14H11BrN4O2/c1-2-11(20)13-12(17)10(7-16)14(21)19(18-13)9-5-3-8(15)4-6-9/h3-6H,2,17H2,1H3. The van der Waals surface area contributed by atoms with Gasteiger partial charge < -0.3 is 5.73 Å². The molecular formula is C14H11BrN4O2. The molecule has 2 N–H and O–H groups in total. The molecule has 2 aromatic rings. The maximum Gasteiger partial charge on any atom is 0.291 e. The maximum atomic E-state index is 12.2. The minimum Gasteiger partial charge on any atom is -0.396 e. The number of aromatic nitrogens is 2. The summed E-state index contributed by atoms with van der Waals surface area (Å²) in [5.74, 6) is -0.324. The van der Waals surface area contributed by atoms with Crippen LogP contribution in [0.4, 0.5) is 5.69 Å². The van der Waals surface area contributed by atoms with E-state index in [1.165, 1.54) is 0 Å². The molecule has 0 spiro atoms. The van der Waals surface area contributed by atoms with Crippen molar-refractivity contribution < 1.29 is 4.79 Å². The molecule has 0 fully saturated rings. The van der Waals surface area contributed by atoms with Gasteiger partial charge in [0.2, 0.25) is 0 Å². The van der Waals surface area contributed by atoms with Crippen molar-refractivity contribution in [2.24, 2.45) is 0 Å². The Labute approximate surface area is 128 Å². The third-order valence-corrected chi connectivity index (χ3v) is 3.43. The summed E-state index contributed by atoms with van der Waals surface area (Å²) in [6.45, 7) is 1.66. The summed E-state index contributed by atoms with van der Waals surface area (Å²) in [6, 6.07) is 8.50. The average Bonchev–Trinajstić information content (AvgIpc) is 2.48. The number of carbonyl (C=O) groups is 1. The smallest absolute Gasteiger partial charge is 0.291 e. The van der Waals surface area contributed by atoms with Gasteiger partial charge in [-0.1, -0.05) is 22.9 Å². The van der Waals surface area contributed by atoms with Crippen molar-refractivity contribution in [1.82, 2.24) is 9.78 Å². The highest BCUT2D eigenvalue weighted by molar-refractivity contribution is 9.10. The van der Waals surface area contributed by atoms with Crippen LogP contribution in [0.5, 0.6) is 0 Å². The van der Waals surface area contributed by atoms with Crippen LogP contribution >= 0.6 is 15.9 Å². The lowest BCUT2D eigenvalue weighted by molar-refractivity contribution is 0.0982. The molecule has 1 aromatic carbocycles. The van der Waals surface area contributed by atoms with Crippen LogP contribution in [0.15, 0.2) is 33.5 Å². The van der Waals surface area contributed by atoms with E-state index in [4.69, 9.17) is 11.0 Å². The number of nitriles is 1.